The molecule has 1 aliphatic carbocycles. The van der Waals surface area contributed by atoms with Crippen molar-refractivity contribution in [1.82, 2.24) is 15.1 Å². The van der Waals surface area contributed by atoms with Crippen molar-refractivity contribution in [3.8, 4) is 17.1 Å². The first-order chi connectivity index (χ1) is 14.4. The molecular weight excluding hydrogens is 393 g/mol. The topological polar surface area (TPSA) is 133 Å². The largest absolute Gasteiger partial charge is 0.479 e. The lowest BCUT2D eigenvalue weighted by Crippen LogP contribution is -2.19. The second kappa shape index (κ2) is 7.90. The number of carbonyl (C=O) groups is 2. The summed E-state index contributed by atoms with van der Waals surface area (Å²) in [5, 5.41) is 6.01. The van der Waals surface area contributed by atoms with Crippen LogP contribution in [-0.2, 0) is 0 Å². The fourth-order valence-electron chi connectivity index (χ4n) is 2.81. The molecule has 1 fully saturated rings. The van der Waals surface area contributed by atoms with Gasteiger partial charge in [-0.2, -0.15) is 4.98 Å². The van der Waals surface area contributed by atoms with Gasteiger partial charge in [0.15, 0.2) is 11.9 Å². The average Bonchev–Trinajstić information content (AvgIpc) is 3.45. The summed E-state index contributed by atoms with van der Waals surface area (Å²) in [7, 11) is 0. The highest BCUT2D eigenvalue weighted by Crippen LogP contribution is 2.32. The van der Waals surface area contributed by atoms with E-state index in [1.165, 1.54) is 18.3 Å². The maximum absolute atomic E-state index is 14.1. The number of amides is 2. The number of urea groups is 1. The monoisotopic (exact) mass is 411 g/mol. The van der Waals surface area contributed by atoms with Crippen molar-refractivity contribution < 1.29 is 23.2 Å². The third kappa shape index (κ3) is 4.27. The van der Waals surface area contributed by atoms with E-state index in [-0.39, 0.29) is 29.1 Å². The van der Waals surface area contributed by atoms with E-state index in [4.69, 9.17) is 15.0 Å². The van der Waals surface area contributed by atoms with Crippen LogP contribution < -0.4 is 15.8 Å². The molecule has 0 bridgehead atoms. The number of ether oxygens (including phenoxy) is 1. The third-order valence-electron chi connectivity index (χ3n) is 4.52. The Morgan fingerprint density at radius 3 is 2.73 bits per heavy atom. The van der Waals surface area contributed by atoms with Crippen molar-refractivity contribution in [2.45, 2.75) is 25.9 Å². The molecule has 3 N–H and O–H groups in total. The zero-order valence-electron chi connectivity index (χ0n) is 16.0. The molecule has 154 valence electrons. The van der Waals surface area contributed by atoms with Crippen molar-refractivity contribution in [2.75, 3.05) is 5.32 Å². The Balaban J connectivity index is 1.43. The molecule has 9 nitrogen and oxygen atoms in total. The van der Waals surface area contributed by atoms with Crippen LogP contribution in [0.2, 0.25) is 0 Å². The molecule has 3 aromatic rings. The van der Waals surface area contributed by atoms with Gasteiger partial charge in [-0.05, 0) is 50.1 Å². The van der Waals surface area contributed by atoms with Crippen LogP contribution in [0.5, 0.6) is 5.75 Å². The standard InChI is InChI=1S/C20H18FN5O4/c1-10(29-13-5-7-16(23-9-13)17(27)11-2-3-11)19-25-18(26-30-19)12-4-6-15(14(21)8-12)24-20(22)28/h4-11H,2-3H2,1H3,(H3,22,24,28). The Hall–Kier alpha value is -3.82. The molecule has 0 radical (unpaired) electrons. The number of hydrogen-bond donors (Lipinski definition) is 2. The molecule has 2 aromatic heterocycles. The number of anilines is 1. The van der Waals surface area contributed by atoms with Crippen LogP contribution in [0.1, 0.15) is 42.2 Å². The number of Topliss-reactive ketones (excluding diaryl/α,β-unsaturated/α-hetero) is 1. The van der Waals surface area contributed by atoms with E-state index in [1.807, 2.05) is 0 Å². The van der Waals surface area contributed by atoms with Crippen molar-refractivity contribution >= 4 is 17.5 Å². The van der Waals surface area contributed by atoms with Gasteiger partial charge in [-0.1, -0.05) is 5.16 Å². The summed E-state index contributed by atoms with van der Waals surface area (Å²) in [5.74, 6) is 0.263. The summed E-state index contributed by atoms with van der Waals surface area (Å²) in [6, 6.07) is 6.46. The van der Waals surface area contributed by atoms with Gasteiger partial charge in [0.05, 0.1) is 11.9 Å². The van der Waals surface area contributed by atoms with E-state index < -0.39 is 18.0 Å². The molecule has 1 saturated carbocycles. The number of halogens is 1. The van der Waals surface area contributed by atoms with E-state index in [0.717, 1.165) is 18.9 Å². The highest BCUT2D eigenvalue weighted by atomic mass is 19.1. The SMILES string of the molecule is CC(Oc1ccc(C(=O)C2CC2)nc1)c1nc(-c2ccc(NC(N)=O)c(F)c2)no1. The number of pyridine rings is 1. The lowest BCUT2D eigenvalue weighted by molar-refractivity contribution is 0.0962. The van der Waals surface area contributed by atoms with Gasteiger partial charge in [0, 0.05) is 11.5 Å². The van der Waals surface area contributed by atoms with Crippen molar-refractivity contribution in [2.24, 2.45) is 11.7 Å². The summed E-state index contributed by atoms with van der Waals surface area (Å²) in [6.07, 6.45) is 2.72. The third-order valence-corrected chi connectivity index (χ3v) is 4.52. The number of carbonyl (C=O) groups excluding carboxylic acids is 2. The van der Waals surface area contributed by atoms with E-state index in [1.54, 1.807) is 19.1 Å². The summed E-state index contributed by atoms with van der Waals surface area (Å²) in [5.41, 5.74) is 5.72. The quantitative estimate of drug-likeness (QED) is 0.568. The molecule has 1 aliphatic rings. The number of nitrogens with zero attached hydrogens (tertiary/aromatic N) is 3. The van der Waals surface area contributed by atoms with E-state index >= 15 is 0 Å². The van der Waals surface area contributed by atoms with Gasteiger partial charge in [-0.15, -0.1) is 0 Å². The minimum Gasteiger partial charge on any atom is -0.479 e. The summed E-state index contributed by atoms with van der Waals surface area (Å²) >= 11 is 0. The van der Waals surface area contributed by atoms with Gasteiger partial charge in [0.25, 0.3) is 5.89 Å². The van der Waals surface area contributed by atoms with Crippen LogP contribution in [0.4, 0.5) is 14.9 Å². The van der Waals surface area contributed by atoms with E-state index in [9.17, 15) is 14.0 Å². The van der Waals surface area contributed by atoms with Gasteiger partial charge in [0.2, 0.25) is 5.82 Å². The fourth-order valence-corrected chi connectivity index (χ4v) is 2.81. The van der Waals surface area contributed by atoms with Gasteiger partial charge in [0.1, 0.15) is 17.3 Å². The first-order valence-corrected chi connectivity index (χ1v) is 9.27. The van der Waals surface area contributed by atoms with Crippen LogP contribution in [0.25, 0.3) is 11.4 Å². The summed E-state index contributed by atoms with van der Waals surface area (Å²) in [4.78, 5) is 31.3. The van der Waals surface area contributed by atoms with Gasteiger partial charge in [-0.3, -0.25) is 4.79 Å². The molecule has 10 heteroatoms. The zero-order valence-corrected chi connectivity index (χ0v) is 16.0. The molecule has 1 aromatic carbocycles. The second-order valence-corrected chi connectivity index (χ2v) is 6.92. The minimum atomic E-state index is -0.867. The second-order valence-electron chi connectivity index (χ2n) is 6.92. The van der Waals surface area contributed by atoms with Crippen LogP contribution in [-0.4, -0.2) is 26.9 Å². The summed E-state index contributed by atoms with van der Waals surface area (Å²) in [6.45, 7) is 1.71. The molecule has 2 heterocycles. The number of benzene rings is 1. The minimum absolute atomic E-state index is 0.0530. The van der Waals surface area contributed by atoms with Gasteiger partial charge >= 0.3 is 6.03 Å². The Labute approximate surface area is 170 Å². The predicted octanol–water partition coefficient (Wildman–Crippen LogP) is 3.49. The number of primary amides is 1. The molecule has 2 amide bonds. The Morgan fingerprint density at radius 1 is 1.30 bits per heavy atom. The lowest BCUT2D eigenvalue weighted by Gasteiger charge is -2.10. The molecule has 1 atom stereocenters. The highest BCUT2D eigenvalue weighted by Gasteiger charge is 2.31. The average molecular weight is 411 g/mol. The van der Waals surface area contributed by atoms with Crippen LogP contribution in [0, 0.1) is 11.7 Å². The van der Waals surface area contributed by atoms with Crippen molar-refractivity contribution in [1.29, 1.82) is 0 Å². The molecular formula is C20H18FN5O4. The predicted molar refractivity (Wildman–Crippen MR) is 103 cm³/mol. The number of aromatic nitrogens is 3. The van der Waals surface area contributed by atoms with Crippen molar-refractivity contribution in [3.63, 3.8) is 0 Å². The number of ketones is 1. The first-order valence-electron chi connectivity index (χ1n) is 9.27. The van der Waals surface area contributed by atoms with E-state index in [0.29, 0.717) is 17.0 Å². The maximum atomic E-state index is 14.1. The maximum Gasteiger partial charge on any atom is 0.316 e. The van der Waals surface area contributed by atoms with Crippen molar-refractivity contribution in [3.05, 3.63) is 53.9 Å². The Bertz CT molecular complexity index is 1090. The molecule has 0 saturated heterocycles. The summed E-state index contributed by atoms with van der Waals surface area (Å²) < 4.78 is 25.0. The highest BCUT2D eigenvalue weighted by molar-refractivity contribution is 5.97. The fraction of sp³-hybridized carbons (Fsp3) is 0.250. The molecule has 30 heavy (non-hydrogen) atoms. The molecule has 1 unspecified atom stereocenters. The van der Waals surface area contributed by atoms with Gasteiger partial charge in [-0.25, -0.2) is 14.2 Å². The number of nitrogens with two attached hydrogens (primary N) is 1. The Morgan fingerprint density at radius 2 is 2.10 bits per heavy atom. The normalized spacial score (nSPS) is 14.2. The van der Waals surface area contributed by atoms with Crippen LogP contribution in [0.15, 0.2) is 41.1 Å². The number of nitrogens with one attached hydrogen (secondary N) is 1. The van der Waals surface area contributed by atoms with Gasteiger partial charge < -0.3 is 20.3 Å². The molecule has 0 aliphatic heterocycles. The van der Waals surface area contributed by atoms with Crippen LogP contribution in [0.3, 0.4) is 0 Å². The first kappa shape index (κ1) is 19.5. The number of rotatable bonds is 7. The van der Waals surface area contributed by atoms with E-state index in [2.05, 4.69) is 20.4 Å². The molecule has 4 rings (SSSR count). The molecule has 0 spiro atoms. The Kier molecular flexibility index (Phi) is 5.13. The lowest BCUT2D eigenvalue weighted by atomic mass is 10.2. The smallest absolute Gasteiger partial charge is 0.316 e. The zero-order chi connectivity index (χ0) is 21.3. The van der Waals surface area contributed by atoms with Crippen LogP contribution >= 0.6 is 0 Å². The number of hydrogen-bond acceptors (Lipinski definition) is 7.